The van der Waals surface area contributed by atoms with Crippen molar-refractivity contribution in [2.45, 2.75) is 45.4 Å². The number of hydrogen-bond acceptors (Lipinski definition) is 1. The van der Waals surface area contributed by atoms with Gasteiger partial charge in [0.05, 0.1) is 20.8 Å². The third-order valence-corrected chi connectivity index (χ3v) is 5.74. The van der Waals surface area contributed by atoms with Crippen LogP contribution in [0.25, 0.3) is 0 Å². The molecular formula is C13H19BrClNOS. The zero-order valence-electron chi connectivity index (χ0n) is 11.3. The molecular weight excluding hydrogens is 334 g/mol. The molecule has 1 rings (SSSR count). The summed E-state index contributed by atoms with van der Waals surface area (Å²) >= 11 is 9.60. The molecule has 1 aromatic carbocycles. The Labute approximate surface area is 125 Å². The fourth-order valence-corrected chi connectivity index (χ4v) is 2.94. The summed E-state index contributed by atoms with van der Waals surface area (Å²) in [6.07, 6.45) is 0. The molecule has 0 saturated heterocycles. The lowest BCUT2D eigenvalue weighted by Gasteiger charge is -2.23. The van der Waals surface area contributed by atoms with Gasteiger partial charge in [-0.15, -0.1) is 0 Å². The minimum atomic E-state index is -1.09. The van der Waals surface area contributed by atoms with E-state index in [9.17, 15) is 4.21 Å². The van der Waals surface area contributed by atoms with Gasteiger partial charge in [0.15, 0.2) is 0 Å². The van der Waals surface area contributed by atoms with Crippen molar-refractivity contribution < 1.29 is 4.21 Å². The Bertz CT molecular complexity index is 471. The van der Waals surface area contributed by atoms with Crippen LogP contribution in [0.3, 0.4) is 0 Å². The maximum atomic E-state index is 12.1. The molecule has 0 radical (unpaired) electrons. The van der Waals surface area contributed by atoms with E-state index < -0.39 is 11.0 Å². The highest BCUT2D eigenvalue weighted by molar-refractivity contribution is 9.10. The van der Waals surface area contributed by atoms with Gasteiger partial charge in [-0.3, -0.25) is 0 Å². The molecule has 0 fully saturated rings. The second-order valence-electron chi connectivity index (χ2n) is 5.30. The Kier molecular flexibility index (Phi) is 5.42. The van der Waals surface area contributed by atoms with Crippen LogP contribution in [0.4, 0.5) is 0 Å². The fraction of sp³-hybridized carbons (Fsp3) is 0.538. The lowest BCUT2D eigenvalue weighted by atomic mass is 10.0. The molecule has 5 heteroatoms. The summed E-state index contributed by atoms with van der Waals surface area (Å²) in [6.45, 7) is 9.82. The predicted molar refractivity (Wildman–Crippen MR) is 83.3 cm³/mol. The van der Waals surface area contributed by atoms with Gasteiger partial charge in [-0.25, -0.2) is 8.93 Å². The monoisotopic (exact) mass is 351 g/mol. The van der Waals surface area contributed by atoms with Crippen molar-refractivity contribution in [3.05, 3.63) is 32.8 Å². The van der Waals surface area contributed by atoms with Gasteiger partial charge in [0, 0.05) is 10.5 Å². The Morgan fingerprint density at radius 2 is 1.94 bits per heavy atom. The highest BCUT2D eigenvalue weighted by Crippen LogP contribution is 2.31. The van der Waals surface area contributed by atoms with Gasteiger partial charge in [0.1, 0.15) is 0 Å². The zero-order valence-corrected chi connectivity index (χ0v) is 14.5. The van der Waals surface area contributed by atoms with Gasteiger partial charge >= 0.3 is 0 Å². The molecule has 0 heterocycles. The maximum absolute atomic E-state index is 12.1. The lowest BCUT2D eigenvalue weighted by molar-refractivity contribution is 0.615. The third kappa shape index (κ3) is 3.80. The van der Waals surface area contributed by atoms with Crippen LogP contribution in [0.5, 0.6) is 0 Å². The third-order valence-electron chi connectivity index (χ3n) is 2.69. The maximum Gasteiger partial charge on any atom is 0.0975 e. The molecule has 102 valence electrons. The van der Waals surface area contributed by atoms with Crippen LogP contribution in [0, 0.1) is 6.92 Å². The molecule has 2 atom stereocenters. The van der Waals surface area contributed by atoms with E-state index in [2.05, 4.69) is 20.7 Å². The normalized spacial score (nSPS) is 15.5. The molecule has 2 nitrogen and oxygen atoms in total. The second-order valence-corrected chi connectivity index (χ2v) is 8.53. The lowest BCUT2D eigenvalue weighted by Crippen LogP contribution is -2.35. The minimum Gasteiger partial charge on any atom is -0.242 e. The first-order chi connectivity index (χ1) is 8.14. The van der Waals surface area contributed by atoms with Crippen molar-refractivity contribution in [3.8, 4) is 0 Å². The smallest absolute Gasteiger partial charge is 0.0975 e. The van der Waals surface area contributed by atoms with Gasteiger partial charge < -0.3 is 0 Å². The van der Waals surface area contributed by atoms with Crippen LogP contribution in [0.2, 0.25) is 5.02 Å². The van der Waals surface area contributed by atoms with E-state index >= 15 is 0 Å². The molecule has 0 aliphatic heterocycles. The molecule has 0 aliphatic rings. The van der Waals surface area contributed by atoms with Crippen molar-refractivity contribution in [3.63, 3.8) is 0 Å². The topological polar surface area (TPSA) is 29.1 Å². The quantitative estimate of drug-likeness (QED) is 0.851. The van der Waals surface area contributed by atoms with E-state index in [4.69, 9.17) is 11.6 Å². The van der Waals surface area contributed by atoms with Gasteiger partial charge in [0.2, 0.25) is 0 Å². The van der Waals surface area contributed by atoms with Crippen LogP contribution < -0.4 is 4.72 Å². The van der Waals surface area contributed by atoms with E-state index in [1.807, 2.05) is 46.8 Å². The van der Waals surface area contributed by atoms with Crippen LogP contribution in [-0.4, -0.2) is 8.96 Å². The summed E-state index contributed by atoms with van der Waals surface area (Å²) in [5, 5.41) is 0.711. The minimum absolute atomic E-state index is 0.00402. The van der Waals surface area contributed by atoms with Crippen LogP contribution in [-0.2, 0) is 11.0 Å². The van der Waals surface area contributed by atoms with Gasteiger partial charge in [-0.1, -0.05) is 17.7 Å². The summed E-state index contributed by atoms with van der Waals surface area (Å²) in [6, 6.07) is 3.92. The van der Waals surface area contributed by atoms with Crippen LogP contribution >= 0.6 is 27.5 Å². The first-order valence-electron chi connectivity index (χ1n) is 5.77. The molecule has 0 aliphatic carbocycles. The summed E-state index contributed by atoms with van der Waals surface area (Å²) < 4.78 is 15.8. The van der Waals surface area contributed by atoms with Crippen molar-refractivity contribution in [2.75, 3.05) is 0 Å². The van der Waals surface area contributed by atoms with E-state index in [0.717, 1.165) is 15.6 Å². The summed E-state index contributed by atoms with van der Waals surface area (Å²) in [7, 11) is -1.09. The molecule has 18 heavy (non-hydrogen) atoms. The predicted octanol–water partition coefficient (Wildman–Crippen LogP) is 4.52. The molecule has 0 bridgehead atoms. The first-order valence-corrected chi connectivity index (χ1v) is 8.09. The summed E-state index contributed by atoms with van der Waals surface area (Å²) in [5.74, 6) is 0. The van der Waals surface area contributed by atoms with Gasteiger partial charge in [-0.05, 0) is 67.7 Å². The largest absolute Gasteiger partial charge is 0.242 e. The molecule has 0 saturated carbocycles. The second kappa shape index (κ2) is 6.04. The molecule has 0 spiro atoms. The number of halogens is 2. The first kappa shape index (κ1) is 16.2. The highest BCUT2D eigenvalue weighted by atomic mass is 79.9. The van der Waals surface area contributed by atoms with E-state index in [-0.39, 0.29) is 10.8 Å². The summed E-state index contributed by atoms with van der Waals surface area (Å²) in [5.41, 5.74) is 2.08. The average molecular weight is 353 g/mol. The average Bonchev–Trinajstić information content (AvgIpc) is 2.24. The molecule has 0 aromatic heterocycles. The number of rotatable bonds is 3. The van der Waals surface area contributed by atoms with Crippen LogP contribution in [0.1, 0.15) is 44.9 Å². The van der Waals surface area contributed by atoms with E-state index in [1.54, 1.807) is 0 Å². The van der Waals surface area contributed by atoms with Crippen molar-refractivity contribution >= 4 is 38.5 Å². The Morgan fingerprint density at radius 3 is 2.44 bits per heavy atom. The van der Waals surface area contributed by atoms with E-state index in [1.165, 1.54) is 0 Å². The number of benzene rings is 1. The Balaban J connectivity index is 2.96. The van der Waals surface area contributed by atoms with Crippen molar-refractivity contribution in [1.29, 1.82) is 0 Å². The SMILES string of the molecule is Cc1c([C@@H](C)N[S@@](=O)C(C)(C)C)ccc(Br)c1Cl. The highest BCUT2D eigenvalue weighted by Gasteiger charge is 2.22. The zero-order chi connectivity index (χ0) is 14.1. The van der Waals surface area contributed by atoms with Gasteiger partial charge in [-0.2, -0.15) is 0 Å². The Hall–Kier alpha value is 0.1000. The van der Waals surface area contributed by atoms with Crippen molar-refractivity contribution in [1.82, 2.24) is 4.72 Å². The molecule has 1 N–H and O–H groups in total. The molecule has 0 amide bonds. The summed E-state index contributed by atoms with van der Waals surface area (Å²) in [4.78, 5) is 0. The van der Waals surface area contributed by atoms with Crippen molar-refractivity contribution in [2.24, 2.45) is 0 Å². The molecule has 1 aromatic rings. The van der Waals surface area contributed by atoms with Crippen LogP contribution in [0.15, 0.2) is 16.6 Å². The Morgan fingerprint density at radius 1 is 1.39 bits per heavy atom. The number of hydrogen-bond donors (Lipinski definition) is 1. The number of nitrogens with one attached hydrogen (secondary N) is 1. The van der Waals surface area contributed by atoms with E-state index in [0.29, 0.717) is 5.02 Å². The fourth-order valence-electron chi connectivity index (χ4n) is 1.54. The van der Waals surface area contributed by atoms with Gasteiger partial charge in [0.25, 0.3) is 0 Å². The molecule has 0 unspecified atom stereocenters. The standard InChI is InChI=1S/C13H19BrClNOS/c1-8-10(6-7-11(14)12(8)15)9(2)16-18(17)13(3,4)5/h6-7,9,16H,1-5H3/t9-,18+/m1/s1.